The minimum absolute atomic E-state index is 0.651. The van der Waals surface area contributed by atoms with Crippen molar-refractivity contribution in [2.45, 2.75) is 24.6 Å². The lowest BCUT2D eigenvalue weighted by Crippen LogP contribution is -2.37. The van der Waals surface area contributed by atoms with Crippen LogP contribution in [0.4, 0.5) is 0 Å². The van der Waals surface area contributed by atoms with Gasteiger partial charge in [0.25, 0.3) is 0 Å². The van der Waals surface area contributed by atoms with Gasteiger partial charge >= 0.3 is 0 Å². The second kappa shape index (κ2) is 6.47. The zero-order valence-corrected chi connectivity index (χ0v) is 11.5. The van der Waals surface area contributed by atoms with Crippen molar-refractivity contribution in [2.75, 3.05) is 12.3 Å². The number of thiocarbonyl (C=S) groups is 1. The predicted octanol–water partition coefficient (Wildman–Crippen LogP) is 2.61. The largest absolute Gasteiger partial charge is 0.362 e. The minimum Gasteiger partial charge on any atom is -0.362 e. The van der Waals surface area contributed by atoms with Gasteiger partial charge in [-0.25, -0.2) is 0 Å². The molecule has 0 radical (unpaired) electrons. The van der Waals surface area contributed by atoms with Crippen LogP contribution in [-0.2, 0) is 5.75 Å². The zero-order valence-electron chi connectivity index (χ0n) is 9.07. The van der Waals surface area contributed by atoms with Crippen LogP contribution in [0.25, 0.3) is 0 Å². The van der Waals surface area contributed by atoms with Crippen molar-refractivity contribution >= 4 is 40.4 Å². The number of thiophene rings is 1. The summed E-state index contributed by atoms with van der Waals surface area (Å²) in [5.41, 5.74) is 1.42. The van der Waals surface area contributed by atoms with Gasteiger partial charge in [-0.2, -0.15) is 23.1 Å². The van der Waals surface area contributed by atoms with Crippen molar-refractivity contribution in [2.24, 2.45) is 0 Å². The maximum Gasteiger partial charge on any atom is 0.166 e. The van der Waals surface area contributed by atoms with Gasteiger partial charge in [0.2, 0.25) is 0 Å². The highest BCUT2D eigenvalue weighted by Gasteiger charge is 2.21. The second-order valence-corrected chi connectivity index (χ2v) is 6.15. The van der Waals surface area contributed by atoms with E-state index in [1.165, 1.54) is 18.4 Å². The first kappa shape index (κ1) is 12.2. The summed E-state index contributed by atoms with van der Waals surface area (Å²) in [6, 6.07) is 2.84. The first-order valence-electron chi connectivity index (χ1n) is 5.48. The first-order valence-corrected chi connectivity index (χ1v) is 7.98. The highest BCUT2D eigenvalue weighted by Crippen LogP contribution is 2.18. The van der Waals surface area contributed by atoms with Crippen LogP contribution < -0.4 is 10.6 Å². The predicted molar refractivity (Wildman–Crippen MR) is 77.2 cm³/mol. The smallest absolute Gasteiger partial charge is 0.166 e. The Labute approximate surface area is 110 Å². The Balaban J connectivity index is 1.46. The van der Waals surface area contributed by atoms with Crippen molar-refractivity contribution in [1.29, 1.82) is 0 Å². The van der Waals surface area contributed by atoms with E-state index < -0.39 is 0 Å². The Morgan fingerprint density at radius 1 is 1.56 bits per heavy atom. The normalized spacial score (nSPS) is 14.8. The van der Waals surface area contributed by atoms with E-state index in [4.69, 9.17) is 12.2 Å². The molecule has 88 valence electrons. The van der Waals surface area contributed by atoms with Gasteiger partial charge in [-0.05, 0) is 47.4 Å². The van der Waals surface area contributed by atoms with E-state index in [2.05, 4.69) is 27.5 Å². The van der Waals surface area contributed by atoms with Crippen LogP contribution in [0.15, 0.2) is 16.8 Å². The van der Waals surface area contributed by atoms with E-state index in [-0.39, 0.29) is 0 Å². The van der Waals surface area contributed by atoms with Gasteiger partial charge in [-0.15, -0.1) is 0 Å². The summed E-state index contributed by atoms with van der Waals surface area (Å²) < 4.78 is 0. The van der Waals surface area contributed by atoms with E-state index in [1.54, 1.807) is 11.3 Å². The SMILES string of the molecule is S=C(NCCSCc1ccsc1)NC1CC1. The van der Waals surface area contributed by atoms with Gasteiger partial charge in [0.1, 0.15) is 0 Å². The summed E-state index contributed by atoms with van der Waals surface area (Å²) in [4.78, 5) is 0. The Morgan fingerprint density at radius 2 is 2.44 bits per heavy atom. The van der Waals surface area contributed by atoms with Crippen molar-refractivity contribution < 1.29 is 0 Å². The zero-order chi connectivity index (χ0) is 11.2. The van der Waals surface area contributed by atoms with Crippen LogP contribution >= 0.6 is 35.3 Å². The fourth-order valence-corrected chi connectivity index (χ4v) is 3.11. The Bertz CT molecular complexity index is 320. The fraction of sp³-hybridized carbons (Fsp3) is 0.545. The molecular formula is C11H16N2S3. The molecule has 1 aromatic heterocycles. The lowest BCUT2D eigenvalue weighted by atomic mass is 10.4. The quantitative estimate of drug-likeness (QED) is 0.614. The minimum atomic E-state index is 0.651. The van der Waals surface area contributed by atoms with E-state index in [1.807, 2.05) is 11.8 Å². The molecule has 1 fully saturated rings. The average Bonchev–Trinajstić information content (AvgIpc) is 2.93. The summed E-state index contributed by atoms with van der Waals surface area (Å²) >= 11 is 8.88. The topological polar surface area (TPSA) is 24.1 Å². The average molecular weight is 272 g/mol. The van der Waals surface area contributed by atoms with Gasteiger partial charge < -0.3 is 10.6 Å². The van der Waals surface area contributed by atoms with Crippen molar-refractivity contribution in [3.63, 3.8) is 0 Å². The summed E-state index contributed by atoms with van der Waals surface area (Å²) in [6.45, 7) is 0.952. The molecule has 0 spiro atoms. The van der Waals surface area contributed by atoms with Crippen molar-refractivity contribution in [3.8, 4) is 0 Å². The fourth-order valence-electron chi connectivity index (χ4n) is 1.27. The molecule has 0 aliphatic heterocycles. The number of hydrogen-bond donors (Lipinski definition) is 2. The van der Waals surface area contributed by atoms with Crippen LogP contribution in [0.2, 0.25) is 0 Å². The molecule has 0 saturated heterocycles. The molecule has 1 aliphatic rings. The summed E-state index contributed by atoms with van der Waals surface area (Å²) in [5, 5.41) is 11.7. The second-order valence-electron chi connectivity index (χ2n) is 3.86. The molecule has 0 atom stereocenters. The van der Waals surface area contributed by atoms with E-state index in [9.17, 15) is 0 Å². The lowest BCUT2D eigenvalue weighted by Gasteiger charge is -2.08. The monoisotopic (exact) mass is 272 g/mol. The number of hydrogen-bond acceptors (Lipinski definition) is 3. The standard InChI is InChI=1S/C11H16N2S3/c14-11(13-10-1-2-10)12-4-6-16-8-9-3-5-15-7-9/h3,5,7,10H,1-2,4,6,8H2,(H2,12,13,14). The highest BCUT2D eigenvalue weighted by molar-refractivity contribution is 7.98. The molecule has 16 heavy (non-hydrogen) atoms. The van der Waals surface area contributed by atoms with Crippen LogP contribution in [-0.4, -0.2) is 23.5 Å². The maximum absolute atomic E-state index is 5.17. The van der Waals surface area contributed by atoms with Gasteiger partial charge in [0.15, 0.2) is 5.11 Å². The van der Waals surface area contributed by atoms with Crippen molar-refractivity contribution in [1.82, 2.24) is 10.6 Å². The number of thioether (sulfide) groups is 1. The molecule has 0 bridgehead atoms. The summed E-state index contributed by atoms with van der Waals surface area (Å²) in [7, 11) is 0. The molecule has 0 unspecified atom stereocenters. The van der Waals surface area contributed by atoms with Crippen molar-refractivity contribution in [3.05, 3.63) is 22.4 Å². The van der Waals surface area contributed by atoms with E-state index >= 15 is 0 Å². The molecule has 2 nitrogen and oxygen atoms in total. The molecule has 1 saturated carbocycles. The van der Waals surface area contributed by atoms with Gasteiger partial charge in [-0.3, -0.25) is 0 Å². The Morgan fingerprint density at radius 3 is 3.12 bits per heavy atom. The Kier molecular flexibility index (Phi) is 4.93. The van der Waals surface area contributed by atoms with Gasteiger partial charge in [0, 0.05) is 24.1 Å². The molecule has 5 heteroatoms. The third-order valence-electron chi connectivity index (χ3n) is 2.29. The van der Waals surface area contributed by atoms with E-state index in [0.29, 0.717) is 6.04 Å². The molecule has 0 amide bonds. The Hall–Kier alpha value is -0.260. The molecule has 1 aliphatic carbocycles. The molecule has 1 aromatic rings. The van der Waals surface area contributed by atoms with Crippen LogP contribution in [0, 0.1) is 0 Å². The number of rotatable bonds is 6. The van der Waals surface area contributed by atoms with Crippen LogP contribution in [0.5, 0.6) is 0 Å². The highest BCUT2D eigenvalue weighted by atomic mass is 32.2. The van der Waals surface area contributed by atoms with Crippen LogP contribution in [0.1, 0.15) is 18.4 Å². The van der Waals surface area contributed by atoms with Gasteiger partial charge in [0.05, 0.1) is 0 Å². The third-order valence-corrected chi connectivity index (χ3v) is 4.32. The molecule has 0 aromatic carbocycles. The lowest BCUT2D eigenvalue weighted by molar-refractivity contribution is 0.853. The first-order chi connectivity index (χ1) is 7.84. The summed E-state index contributed by atoms with van der Waals surface area (Å²) in [6.07, 6.45) is 2.55. The molecule has 1 heterocycles. The maximum atomic E-state index is 5.17. The molecule has 2 N–H and O–H groups in total. The van der Waals surface area contributed by atoms with Crippen LogP contribution in [0.3, 0.4) is 0 Å². The summed E-state index contributed by atoms with van der Waals surface area (Å²) in [5.74, 6) is 2.20. The molecular weight excluding hydrogens is 256 g/mol. The molecule has 2 rings (SSSR count). The third kappa shape index (κ3) is 4.72. The van der Waals surface area contributed by atoms with Gasteiger partial charge in [-0.1, -0.05) is 0 Å². The van der Waals surface area contributed by atoms with E-state index in [0.717, 1.165) is 23.2 Å². The number of nitrogens with one attached hydrogen (secondary N) is 2.